The van der Waals surface area contributed by atoms with Crippen LogP contribution in [-0.4, -0.2) is 28.7 Å². The molecule has 0 saturated carbocycles. The zero-order valence-corrected chi connectivity index (χ0v) is 16.3. The predicted molar refractivity (Wildman–Crippen MR) is 105 cm³/mol. The molecule has 7 heteroatoms. The second kappa shape index (κ2) is 8.97. The van der Waals surface area contributed by atoms with Gasteiger partial charge in [-0.15, -0.1) is 0 Å². The first kappa shape index (κ1) is 20.0. The van der Waals surface area contributed by atoms with E-state index in [1.165, 1.54) is 24.2 Å². The van der Waals surface area contributed by atoms with Crippen LogP contribution in [0.25, 0.3) is 0 Å². The van der Waals surface area contributed by atoms with Gasteiger partial charge in [0.05, 0.1) is 12.1 Å². The van der Waals surface area contributed by atoms with Crippen molar-refractivity contribution in [2.24, 2.45) is 0 Å². The van der Waals surface area contributed by atoms with Gasteiger partial charge in [-0.2, -0.15) is 0 Å². The number of nitrogens with one attached hydrogen (secondary N) is 1. The molecule has 0 aliphatic heterocycles. The van der Waals surface area contributed by atoms with Crippen molar-refractivity contribution in [1.29, 1.82) is 0 Å². The Morgan fingerprint density at radius 1 is 1.18 bits per heavy atom. The van der Waals surface area contributed by atoms with Crippen LogP contribution in [0.5, 0.6) is 0 Å². The van der Waals surface area contributed by atoms with Crippen molar-refractivity contribution in [3.63, 3.8) is 0 Å². The highest BCUT2D eigenvalue weighted by Crippen LogP contribution is 2.23. The minimum absolute atomic E-state index is 0.0421. The van der Waals surface area contributed by atoms with Crippen LogP contribution in [-0.2, 0) is 27.2 Å². The van der Waals surface area contributed by atoms with Gasteiger partial charge in [-0.3, -0.25) is 14.4 Å². The topological polar surface area (TPSA) is 85.4 Å². The number of nitrogens with zero attached hydrogens (tertiary/aromatic N) is 1. The lowest BCUT2D eigenvalue weighted by molar-refractivity contribution is -0.153. The van der Waals surface area contributed by atoms with Crippen molar-refractivity contribution in [2.45, 2.75) is 45.1 Å². The Morgan fingerprint density at radius 3 is 2.75 bits per heavy atom. The Labute approximate surface area is 168 Å². The van der Waals surface area contributed by atoms with Crippen LogP contribution in [0.2, 0.25) is 5.15 Å². The Hall–Kier alpha value is -2.73. The molecular weight excluding hydrogens is 380 g/mol. The van der Waals surface area contributed by atoms with Gasteiger partial charge in [0.15, 0.2) is 17.0 Å². The van der Waals surface area contributed by atoms with E-state index >= 15 is 0 Å². The molecule has 3 rings (SSSR count). The summed E-state index contributed by atoms with van der Waals surface area (Å²) in [6.07, 6.45) is 3.61. The fourth-order valence-corrected chi connectivity index (χ4v) is 3.30. The molecule has 6 nitrogen and oxygen atoms in total. The lowest BCUT2D eigenvalue weighted by Crippen LogP contribution is -2.30. The number of rotatable bonds is 7. The summed E-state index contributed by atoms with van der Waals surface area (Å²) in [7, 11) is 0. The quantitative estimate of drug-likeness (QED) is 0.434. The van der Waals surface area contributed by atoms with Crippen LogP contribution in [0.4, 0.5) is 5.69 Å². The Balaban J connectivity index is 1.47. The van der Waals surface area contributed by atoms with E-state index in [-0.39, 0.29) is 23.8 Å². The van der Waals surface area contributed by atoms with Crippen LogP contribution in [0.15, 0.2) is 36.5 Å². The number of aromatic nitrogens is 1. The number of anilines is 1. The summed E-state index contributed by atoms with van der Waals surface area (Å²) in [5.41, 5.74) is 3.46. The van der Waals surface area contributed by atoms with Crippen molar-refractivity contribution < 1.29 is 19.1 Å². The normalized spacial score (nSPS) is 13.5. The smallest absolute Gasteiger partial charge is 0.307 e. The van der Waals surface area contributed by atoms with Crippen molar-refractivity contribution in [3.8, 4) is 0 Å². The number of aryl methyl sites for hydroxylation is 2. The van der Waals surface area contributed by atoms with Crippen molar-refractivity contribution in [1.82, 2.24) is 4.98 Å². The third-order valence-corrected chi connectivity index (χ3v) is 4.97. The summed E-state index contributed by atoms with van der Waals surface area (Å²) in [5.74, 6) is -1.23. The number of carbonyl (C=O) groups excluding carboxylic acids is 3. The number of ether oxygens (including phenoxy) is 1. The number of carbonyl (C=O) groups is 3. The Morgan fingerprint density at radius 2 is 1.96 bits per heavy atom. The molecule has 28 heavy (non-hydrogen) atoms. The Bertz CT molecular complexity index is 913. The molecule has 1 aromatic carbocycles. The van der Waals surface area contributed by atoms with Crippen LogP contribution in [0, 0.1) is 0 Å². The number of pyridine rings is 1. The second-order valence-electron chi connectivity index (χ2n) is 6.72. The van der Waals surface area contributed by atoms with Crippen molar-refractivity contribution in [3.05, 3.63) is 58.4 Å². The molecule has 2 aromatic rings. The lowest BCUT2D eigenvalue weighted by Gasteiger charge is -2.14. The molecule has 1 aliphatic carbocycles. The van der Waals surface area contributed by atoms with Crippen LogP contribution < -0.4 is 5.32 Å². The van der Waals surface area contributed by atoms with Gasteiger partial charge in [0.1, 0.15) is 0 Å². The Kier molecular flexibility index (Phi) is 6.41. The highest BCUT2D eigenvalue weighted by molar-refractivity contribution is 6.32. The minimum Gasteiger partial charge on any atom is -0.453 e. The fourth-order valence-electron chi connectivity index (χ4n) is 3.13. The van der Waals surface area contributed by atoms with Gasteiger partial charge < -0.3 is 10.1 Å². The third kappa shape index (κ3) is 4.95. The number of hydrogen-bond donors (Lipinski definition) is 1. The van der Waals surface area contributed by atoms with Gasteiger partial charge in [0.25, 0.3) is 5.91 Å². The first-order valence-corrected chi connectivity index (χ1v) is 9.57. The SMILES string of the molecule is C[C@H](OC(=O)CCC(=O)c1ccc2c(c1)CCC2)C(=O)Nc1cccnc1Cl. The number of fused-ring (bicyclic) bond motifs is 1. The number of halogens is 1. The average Bonchev–Trinajstić information content (AvgIpc) is 3.15. The summed E-state index contributed by atoms with van der Waals surface area (Å²) >= 11 is 5.89. The number of ketones is 1. The van der Waals surface area contributed by atoms with Crippen LogP contribution in [0.1, 0.15) is 47.7 Å². The first-order valence-electron chi connectivity index (χ1n) is 9.20. The highest BCUT2D eigenvalue weighted by Gasteiger charge is 2.20. The van der Waals surface area contributed by atoms with Gasteiger partial charge in [-0.05, 0) is 55.5 Å². The second-order valence-corrected chi connectivity index (χ2v) is 7.08. The van der Waals surface area contributed by atoms with Gasteiger partial charge in [0.2, 0.25) is 0 Å². The van der Waals surface area contributed by atoms with Crippen LogP contribution >= 0.6 is 11.6 Å². The number of esters is 1. The van der Waals surface area contributed by atoms with Gasteiger partial charge in [-0.25, -0.2) is 4.98 Å². The first-order chi connectivity index (χ1) is 13.4. The van der Waals surface area contributed by atoms with E-state index in [2.05, 4.69) is 10.3 Å². The molecule has 0 unspecified atom stereocenters. The van der Waals surface area contributed by atoms with Crippen LogP contribution in [0.3, 0.4) is 0 Å². The number of benzene rings is 1. The summed E-state index contributed by atoms with van der Waals surface area (Å²) in [4.78, 5) is 40.3. The highest BCUT2D eigenvalue weighted by atomic mass is 35.5. The molecule has 0 radical (unpaired) electrons. The van der Waals surface area contributed by atoms with Crippen molar-refractivity contribution >= 4 is 34.9 Å². The molecular formula is C21H21ClN2O4. The maximum Gasteiger partial charge on any atom is 0.307 e. The molecule has 0 bridgehead atoms. The van der Waals surface area contributed by atoms with E-state index in [1.54, 1.807) is 12.1 Å². The number of Topliss-reactive ketones (excluding diaryl/α,β-unsaturated/α-hetero) is 1. The largest absolute Gasteiger partial charge is 0.453 e. The molecule has 1 amide bonds. The minimum atomic E-state index is -1.01. The summed E-state index contributed by atoms with van der Waals surface area (Å²) in [6, 6.07) is 8.94. The van der Waals surface area contributed by atoms with E-state index in [0.29, 0.717) is 11.3 Å². The fraction of sp³-hybridized carbons (Fsp3) is 0.333. The maximum atomic E-state index is 12.3. The molecule has 146 valence electrons. The van der Waals surface area contributed by atoms with Gasteiger partial charge in [-0.1, -0.05) is 23.7 Å². The van der Waals surface area contributed by atoms with E-state index < -0.39 is 18.0 Å². The summed E-state index contributed by atoms with van der Waals surface area (Å²) in [6.45, 7) is 1.46. The van der Waals surface area contributed by atoms with Gasteiger partial charge in [0, 0.05) is 18.2 Å². The van der Waals surface area contributed by atoms with E-state index in [9.17, 15) is 14.4 Å². The number of hydrogen-bond acceptors (Lipinski definition) is 5. The lowest BCUT2D eigenvalue weighted by atomic mass is 10.0. The van der Waals surface area contributed by atoms with E-state index in [1.807, 2.05) is 18.2 Å². The monoisotopic (exact) mass is 400 g/mol. The molecule has 1 aromatic heterocycles. The number of amides is 1. The predicted octanol–water partition coefficient (Wildman–Crippen LogP) is 3.76. The molecule has 1 heterocycles. The molecule has 1 atom stereocenters. The zero-order chi connectivity index (χ0) is 20.1. The van der Waals surface area contributed by atoms with Crippen molar-refractivity contribution in [2.75, 3.05) is 5.32 Å². The zero-order valence-electron chi connectivity index (χ0n) is 15.5. The summed E-state index contributed by atoms with van der Waals surface area (Å²) < 4.78 is 5.12. The molecule has 0 saturated heterocycles. The maximum absolute atomic E-state index is 12.3. The molecule has 1 aliphatic rings. The van der Waals surface area contributed by atoms with E-state index in [0.717, 1.165) is 19.3 Å². The third-order valence-electron chi connectivity index (χ3n) is 4.67. The standard InChI is InChI=1S/C21H21ClN2O4/c1-13(21(27)24-17-6-3-11-23-20(17)22)28-19(26)10-9-18(25)16-8-7-14-4-2-5-15(14)12-16/h3,6-8,11-13H,2,4-5,9-10H2,1H3,(H,24,27)/t13-/m0/s1. The summed E-state index contributed by atoms with van der Waals surface area (Å²) in [5, 5.41) is 2.70. The van der Waals surface area contributed by atoms with E-state index in [4.69, 9.17) is 16.3 Å². The van der Waals surface area contributed by atoms with Gasteiger partial charge >= 0.3 is 5.97 Å². The molecule has 0 spiro atoms. The average molecular weight is 401 g/mol. The molecule has 0 fully saturated rings. The molecule has 1 N–H and O–H groups in total.